The lowest BCUT2D eigenvalue weighted by molar-refractivity contribution is 0.516. The summed E-state index contributed by atoms with van der Waals surface area (Å²) in [6.45, 7) is 6.40. The van der Waals surface area contributed by atoms with Gasteiger partial charge in [0.15, 0.2) is 0 Å². The predicted octanol–water partition coefficient (Wildman–Crippen LogP) is 4.29. The first-order valence-electron chi connectivity index (χ1n) is 6.68. The number of aromatic nitrogens is 2. The van der Waals surface area contributed by atoms with Crippen LogP contribution < -0.4 is 0 Å². The van der Waals surface area contributed by atoms with Gasteiger partial charge < -0.3 is 0 Å². The Labute approximate surface area is 109 Å². The Bertz CT molecular complexity index is 403. The normalized spacial score (nSPS) is 24.2. The van der Waals surface area contributed by atoms with Crippen LogP contribution in [0.15, 0.2) is 0 Å². The SMILES string of the molecule is CCc1nc(C2CCC(CC)C2)nc(Cl)c1C. The molecule has 17 heavy (non-hydrogen) atoms. The van der Waals surface area contributed by atoms with Crippen LogP contribution >= 0.6 is 11.6 Å². The van der Waals surface area contributed by atoms with Crippen molar-refractivity contribution >= 4 is 11.6 Å². The molecule has 2 nitrogen and oxygen atoms in total. The number of halogens is 1. The van der Waals surface area contributed by atoms with Crippen LogP contribution in [0.3, 0.4) is 0 Å². The van der Waals surface area contributed by atoms with E-state index < -0.39 is 0 Å². The smallest absolute Gasteiger partial charge is 0.135 e. The van der Waals surface area contributed by atoms with Gasteiger partial charge in [0.2, 0.25) is 0 Å². The van der Waals surface area contributed by atoms with Crippen molar-refractivity contribution in [1.82, 2.24) is 9.97 Å². The van der Waals surface area contributed by atoms with Gasteiger partial charge in [-0.2, -0.15) is 0 Å². The molecule has 1 saturated carbocycles. The first-order valence-corrected chi connectivity index (χ1v) is 7.06. The minimum absolute atomic E-state index is 0.531. The lowest BCUT2D eigenvalue weighted by Crippen LogP contribution is -2.06. The summed E-state index contributed by atoms with van der Waals surface area (Å²) in [7, 11) is 0. The highest BCUT2D eigenvalue weighted by Crippen LogP contribution is 2.38. The van der Waals surface area contributed by atoms with Crippen LogP contribution in [0, 0.1) is 12.8 Å². The predicted molar refractivity (Wildman–Crippen MR) is 71.5 cm³/mol. The lowest BCUT2D eigenvalue weighted by Gasteiger charge is -2.12. The molecule has 0 aromatic carbocycles. The number of hydrogen-bond acceptors (Lipinski definition) is 2. The monoisotopic (exact) mass is 252 g/mol. The highest BCUT2D eigenvalue weighted by Gasteiger charge is 2.27. The largest absolute Gasteiger partial charge is 0.237 e. The topological polar surface area (TPSA) is 25.8 Å². The summed E-state index contributed by atoms with van der Waals surface area (Å²) in [5.74, 6) is 2.37. The van der Waals surface area contributed by atoms with Crippen LogP contribution in [0.25, 0.3) is 0 Å². The summed E-state index contributed by atoms with van der Waals surface area (Å²) in [6.07, 6.45) is 5.99. The van der Waals surface area contributed by atoms with E-state index in [-0.39, 0.29) is 0 Å². The summed E-state index contributed by atoms with van der Waals surface area (Å²) >= 11 is 6.20. The van der Waals surface area contributed by atoms with Crippen LogP contribution in [0.2, 0.25) is 5.15 Å². The molecule has 0 N–H and O–H groups in total. The Morgan fingerprint density at radius 1 is 1.24 bits per heavy atom. The minimum atomic E-state index is 0.531. The molecular formula is C14H21ClN2. The molecule has 2 atom stereocenters. The second kappa shape index (κ2) is 5.34. The molecule has 2 unspecified atom stereocenters. The van der Waals surface area contributed by atoms with Crippen molar-refractivity contribution in [3.05, 3.63) is 22.2 Å². The standard InChI is InChI=1S/C14H21ClN2/c1-4-10-6-7-11(8-10)14-16-12(5-2)9(3)13(15)17-14/h10-11H,4-8H2,1-3H3. The zero-order valence-electron chi connectivity index (χ0n) is 11.0. The second-order valence-electron chi connectivity index (χ2n) is 5.08. The van der Waals surface area contributed by atoms with Crippen molar-refractivity contribution < 1.29 is 0 Å². The molecule has 2 rings (SSSR count). The summed E-state index contributed by atoms with van der Waals surface area (Å²) in [6, 6.07) is 0. The van der Waals surface area contributed by atoms with Crippen molar-refractivity contribution in [2.45, 2.75) is 58.8 Å². The molecule has 1 heterocycles. The summed E-state index contributed by atoms with van der Waals surface area (Å²) in [5, 5.41) is 0.645. The Hall–Kier alpha value is -0.630. The van der Waals surface area contributed by atoms with Gasteiger partial charge in [0.25, 0.3) is 0 Å². The van der Waals surface area contributed by atoms with Crippen molar-refractivity contribution in [3.63, 3.8) is 0 Å². The van der Waals surface area contributed by atoms with E-state index in [0.717, 1.165) is 29.4 Å². The van der Waals surface area contributed by atoms with Gasteiger partial charge in [0.1, 0.15) is 11.0 Å². The maximum Gasteiger partial charge on any atom is 0.135 e. The van der Waals surface area contributed by atoms with E-state index in [1.54, 1.807) is 0 Å². The van der Waals surface area contributed by atoms with E-state index in [4.69, 9.17) is 16.6 Å². The minimum Gasteiger partial charge on any atom is -0.237 e. The van der Waals surface area contributed by atoms with Gasteiger partial charge in [0.05, 0.1) is 0 Å². The Morgan fingerprint density at radius 3 is 2.59 bits per heavy atom. The fourth-order valence-corrected chi connectivity index (χ4v) is 2.95. The molecular weight excluding hydrogens is 232 g/mol. The van der Waals surface area contributed by atoms with Crippen molar-refractivity contribution in [2.75, 3.05) is 0 Å². The van der Waals surface area contributed by atoms with Crippen LogP contribution in [0.5, 0.6) is 0 Å². The quantitative estimate of drug-likeness (QED) is 0.750. The molecule has 1 aliphatic rings. The fraction of sp³-hybridized carbons (Fsp3) is 0.714. The third-order valence-corrected chi connectivity index (χ3v) is 4.39. The average Bonchev–Trinajstić information content (AvgIpc) is 2.81. The first-order chi connectivity index (χ1) is 8.15. The van der Waals surface area contributed by atoms with E-state index in [9.17, 15) is 0 Å². The molecule has 0 saturated heterocycles. The molecule has 0 amide bonds. The number of aryl methyl sites for hydroxylation is 1. The summed E-state index contributed by atoms with van der Waals surface area (Å²) < 4.78 is 0. The fourth-order valence-electron chi connectivity index (χ4n) is 2.76. The summed E-state index contributed by atoms with van der Waals surface area (Å²) in [5.41, 5.74) is 2.16. The van der Waals surface area contributed by atoms with Crippen LogP contribution in [-0.2, 0) is 6.42 Å². The van der Waals surface area contributed by atoms with Gasteiger partial charge in [-0.25, -0.2) is 9.97 Å². The third-order valence-electron chi connectivity index (χ3n) is 4.02. The molecule has 94 valence electrons. The highest BCUT2D eigenvalue weighted by atomic mass is 35.5. The Morgan fingerprint density at radius 2 is 2.00 bits per heavy atom. The lowest BCUT2D eigenvalue weighted by atomic mass is 10.0. The van der Waals surface area contributed by atoms with E-state index in [0.29, 0.717) is 11.1 Å². The summed E-state index contributed by atoms with van der Waals surface area (Å²) in [4.78, 5) is 9.19. The van der Waals surface area contributed by atoms with Gasteiger partial charge in [-0.1, -0.05) is 31.9 Å². The zero-order chi connectivity index (χ0) is 12.4. The molecule has 1 fully saturated rings. The van der Waals surface area contributed by atoms with Crippen LogP contribution in [-0.4, -0.2) is 9.97 Å². The van der Waals surface area contributed by atoms with Crippen molar-refractivity contribution in [3.8, 4) is 0 Å². The van der Waals surface area contributed by atoms with E-state index in [2.05, 4.69) is 18.8 Å². The van der Waals surface area contributed by atoms with Gasteiger partial charge >= 0.3 is 0 Å². The maximum absolute atomic E-state index is 6.20. The Kier molecular flexibility index (Phi) is 4.03. The first kappa shape index (κ1) is 12.8. The second-order valence-corrected chi connectivity index (χ2v) is 5.44. The van der Waals surface area contributed by atoms with E-state index in [1.165, 1.54) is 25.7 Å². The molecule has 0 spiro atoms. The van der Waals surface area contributed by atoms with Crippen LogP contribution in [0.4, 0.5) is 0 Å². The number of rotatable bonds is 3. The zero-order valence-corrected chi connectivity index (χ0v) is 11.7. The van der Waals surface area contributed by atoms with Gasteiger partial charge in [-0.05, 0) is 38.5 Å². The number of hydrogen-bond donors (Lipinski definition) is 0. The molecule has 0 aliphatic heterocycles. The molecule has 1 aliphatic carbocycles. The van der Waals surface area contributed by atoms with Crippen molar-refractivity contribution in [1.29, 1.82) is 0 Å². The molecule has 1 aromatic heterocycles. The van der Waals surface area contributed by atoms with Gasteiger partial charge in [0, 0.05) is 17.2 Å². The van der Waals surface area contributed by atoms with E-state index in [1.807, 2.05) is 6.92 Å². The molecule has 0 radical (unpaired) electrons. The molecule has 0 bridgehead atoms. The van der Waals surface area contributed by atoms with Crippen LogP contribution in [0.1, 0.15) is 62.5 Å². The number of nitrogens with zero attached hydrogens (tertiary/aromatic N) is 2. The highest BCUT2D eigenvalue weighted by molar-refractivity contribution is 6.30. The van der Waals surface area contributed by atoms with E-state index >= 15 is 0 Å². The Balaban J connectivity index is 2.25. The van der Waals surface area contributed by atoms with Gasteiger partial charge in [-0.15, -0.1) is 0 Å². The average molecular weight is 253 g/mol. The van der Waals surface area contributed by atoms with Crippen molar-refractivity contribution in [2.24, 2.45) is 5.92 Å². The third kappa shape index (κ3) is 2.62. The molecule has 3 heteroatoms. The van der Waals surface area contributed by atoms with Gasteiger partial charge in [-0.3, -0.25) is 0 Å². The maximum atomic E-state index is 6.20. The molecule has 1 aromatic rings.